The smallest absolute Gasteiger partial charge is 0.342 e. The largest absolute Gasteiger partial charge is 0.452 e. The number of rotatable bonds is 7. The lowest BCUT2D eigenvalue weighted by Gasteiger charge is -2.06. The van der Waals surface area contributed by atoms with Crippen LogP contribution in [-0.4, -0.2) is 40.3 Å². The van der Waals surface area contributed by atoms with E-state index >= 15 is 0 Å². The monoisotopic (exact) mass is 418 g/mol. The Morgan fingerprint density at radius 2 is 1.68 bits per heavy atom. The van der Waals surface area contributed by atoms with Gasteiger partial charge in [-0.2, -0.15) is 5.10 Å². The van der Waals surface area contributed by atoms with Crippen molar-refractivity contribution in [3.63, 3.8) is 0 Å². The van der Waals surface area contributed by atoms with Gasteiger partial charge in [-0.05, 0) is 18.4 Å². The molecule has 0 unspecified atom stereocenters. The summed E-state index contributed by atoms with van der Waals surface area (Å²) >= 11 is 0. The standard InChI is InChI=1S/C23H22N4O4/c28-20(25-23(30)24-18-11-12-18)15-31-22(29)19-14-27(13-16-7-3-1-4-8-16)26-21(19)17-9-5-2-6-10-17/h1-10,14,18H,11-13,15H2,(H2,24,25,28,30). The number of aromatic nitrogens is 2. The van der Waals surface area contributed by atoms with Crippen LogP contribution in [0.15, 0.2) is 66.9 Å². The molecule has 0 radical (unpaired) electrons. The predicted octanol–water partition coefficient (Wildman–Crippen LogP) is 2.74. The van der Waals surface area contributed by atoms with E-state index in [2.05, 4.69) is 15.7 Å². The zero-order chi connectivity index (χ0) is 21.6. The summed E-state index contributed by atoms with van der Waals surface area (Å²) in [5.74, 6) is -1.37. The molecule has 3 amide bonds. The molecule has 2 aromatic carbocycles. The van der Waals surface area contributed by atoms with Crippen molar-refractivity contribution >= 4 is 17.9 Å². The van der Waals surface area contributed by atoms with Crippen LogP contribution in [0.25, 0.3) is 11.3 Å². The number of ether oxygens (including phenoxy) is 1. The van der Waals surface area contributed by atoms with Gasteiger partial charge in [0.2, 0.25) is 0 Å². The molecule has 31 heavy (non-hydrogen) atoms. The summed E-state index contributed by atoms with van der Waals surface area (Å²) in [5.41, 5.74) is 2.51. The molecule has 1 heterocycles. The van der Waals surface area contributed by atoms with Gasteiger partial charge in [0.1, 0.15) is 11.3 Å². The molecule has 0 atom stereocenters. The molecule has 2 N–H and O–H groups in total. The van der Waals surface area contributed by atoms with Crippen molar-refractivity contribution in [3.05, 3.63) is 78.0 Å². The van der Waals surface area contributed by atoms with Gasteiger partial charge in [0, 0.05) is 17.8 Å². The molecule has 8 nitrogen and oxygen atoms in total. The molecule has 0 spiro atoms. The molecule has 8 heteroatoms. The van der Waals surface area contributed by atoms with Gasteiger partial charge in [-0.3, -0.25) is 14.8 Å². The summed E-state index contributed by atoms with van der Waals surface area (Å²) in [6.45, 7) is -0.0786. The van der Waals surface area contributed by atoms with Crippen molar-refractivity contribution in [2.24, 2.45) is 0 Å². The van der Waals surface area contributed by atoms with E-state index in [9.17, 15) is 14.4 Å². The quantitative estimate of drug-likeness (QED) is 0.575. The third-order valence-electron chi connectivity index (χ3n) is 4.72. The van der Waals surface area contributed by atoms with Crippen molar-refractivity contribution in [2.45, 2.75) is 25.4 Å². The van der Waals surface area contributed by atoms with Crippen molar-refractivity contribution < 1.29 is 19.1 Å². The number of esters is 1. The van der Waals surface area contributed by atoms with Gasteiger partial charge < -0.3 is 10.1 Å². The predicted molar refractivity (Wildman–Crippen MR) is 113 cm³/mol. The van der Waals surface area contributed by atoms with Gasteiger partial charge in [-0.25, -0.2) is 9.59 Å². The fraction of sp³-hybridized carbons (Fsp3) is 0.217. The number of nitrogens with zero attached hydrogens (tertiary/aromatic N) is 2. The van der Waals surface area contributed by atoms with Crippen molar-refractivity contribution in [1.29, 1.82) is 0 Å². The zero-order valence-electron chi connectivity index (χ0n) is 16.8. The van der Waals surface area contributed by atoms with Crippen molar-refractivity contribution in [1.82, 2.24) is 20.4 Å². The van der Waals surface area contributed by atoms with Crippen LogP contribution >= 0.6 is 0 Å². The highest BCUT2D eigenvalue weighted by molar-refractivity contribution is 5.99. The minimum absolute atomic E-state index is 0.124. The van der Waals surface area contributed by atoms with Gasteiger partial charge >= 0.3 is 12.0 Å². The summed E-state index contributed by atoms with van der Waals surface area (Å²) in [4.78, 5) is 36.3. The van der Waals surface area contributed by atoms with E-state index in [1.54, 1.807) is 10.9 Å². The van der Waals surface area contributed by atoms with E-state index in [-0.39, 0.29) is 11.6 Å². The Labute approximate surface area is 179 Å². The molecule has 1 aliphatic rings. The van der Waals surface area contributed by atoms with E-state index in [1.165, 1.54) is 0 Å². The number of carbonyl (C=O) groups excluding carboxylic acids is 3. The third-order valence-corrected chi connectivity index (χ3v) is 4.72. The van der Waals surface area contributed by atoms with Crippen LogP contribution in [-0.2, 0) is 16.1 Å². The zero-order valence-corrected chi connectivity index (χ0v) is 16.8. The molecule has 0 bridgehead atoms. The third kappa shape index (κ3) is 5.57. The summed E-state index contributed by atoms with van der Waals surface area (Å²) in [6, 6.07) is 18.6. The number of hydrogen-bond acceptors (Lipinski definition) is 5. The summed E-state index contributed by atoms with van der Waals surface area (Å²) in [7, 11) is 0. The van der Waals surface area contributed by atoms with E-state index in [0.717, 1.165) is 24.0 Å². The lowest BCUT2D eigenvalue weighted by atomic mass is 10.1. The van der Waals surface area contributed by atoms with Crippen LogP contribution in [0.2, 0.25) is 0 Å². The maximum atomic E-state index is 12.7. The summed E-state index contributed by atoms with van der Waals surface area (Å²) in [6.07, 6.45) is 3.42. The maximum Gasteiger partial charge on any atom is 0.342 e. The topological polar surface area (TPSA) is 102 Å². The molecule has 1 fully saturated rings. The second-order valence-corrected chi connectivity index (χ2v) is 7.31. The van der Waals surface area contributed by atoms with Crippen LogP contribution < -0.4 is 10.6 Å². The van der Waals surface area contributed by atoms with E-state index in [4.69, 9.17) is 4.74 Å². The highest BCUT2D eigenvalue weighted by Crippen LogP contribution is 2.23. The molecule has 4 rings (SSSR count). The van der Waals surface area contributed by atoms with Crippen LogP contribution in [0.5, 0.6) is 0 Å². The Morgan fingerprint density at radius 1 is 1.00 bits per heavy atom. The number of hydrogen-bond donors (Lipinski definition) is 2. The minimum atomic E-state index is -0.690. The average Bonchev–Trinajstić information content (AvgIpc) is 3.49. The van der Waals surface area contributed by atoms with Gasteiger partial charge in [0.15, 0.2) is 6.61 Å². The number of benzene rings is 2. The Bertz CT molecular complexity index is 1080. The Kier molecular flexibility index (Phi) is 6.07. The molecule has 158 valence electrons. The SMILES string of the molecule is O=C(COC(=O)c1cn(Cc2ccccc2)nc1-c1ccccc1)NC(=O)NC1CC1. The van der Waals surface area contributed by atoms with E-state index < -0.39 is 24.5 Å². The number of carbonyl (C=O) groups is 3. The Hall–Kier alpha value is -3.94. The van der Waals surface area contributed by atoms with Crippen LogP contribution in [0.1, 0.15) is 28.8 Å². The first kappa shape index (κ1) is 20.3. The summed E-state index contributed by atoms with van der Waals surface area (Å²) in [5, 5.41) is 9.35. The molecule has 1 aliphatic carbocycles. The minimum Gasteiger partial charge on any atom is -0.452 e. The van der Waals surface area contributed by atoms with Gasteiger partial charge in [0.05, 0.1) is 6.54 Å². The van der Waals surface area contributed by atoms with Crippen LogP contribution in [0, 0.1) is 0 Å². The molecule has 1 aromatic heterocycles. The van der Waals surface area contributed by atoms with Crippen molar-refractivity contribution in [3.8, 4) is 11.3 Å². The molecular weight excluding hydrogens is 396 g/mol. The van der Waals surface area contributed by atoms with Gasteiger partial charge in [-0.15, -0.1) is 0 Å². The Morgan fingerprint density at radius 3 is 2.35 bits per heavy atom. The fourth-order valence-corrected chi connectivity index (χ4v) is 3.05. The van der Waals surface area contributed by atoms with E-state index in [1.807, 2.05) is 60.7 Å². The van der Waals surface area contributed by atoms with Gasteiger partial charge in [0.25, 0.3) is 5.91 Å². The maximum absolute atomic E-state index is 12.7. The first-order valence-electron chi connectivity index (χ1n) is 10.0. The molecule has 1 saturated carbocycles. The van der Waals surface area contributed by atoms with Crippen LogP contribution in [0.3, 0.4) is 0 Å². The van der Waals surface area contributed by atoms with E-state index in [0.29, 0.717) is 12.2 Å². The number of amides is 3. The first-order valence-corrected chi connectivity index (χ1v) is 10.0. The normalized spacial score (nSPS) is 12.8. The highest BCUT2D eigenvalue weighted by Gasteiger charge is 2.24. The average molecular weight is 418 g/mol. The molecule has 0 aliphatic heterocycles. The first-order chi connectivity index (χ1) is 15.1. The second-order valence-electron chi connectivity index (χ2n) is 7.31. The molecular formula is C23H22N4O4. The number of imide groups is 1. The Balaban J connectivity index is 1.46. The molecule has 3 aromatic rings. The highest BCUT2D eigenvalue weighted by atomic mass is 16.5. The summed E-state index contributed by atoms with van der Waals surface area (Å²) < 4.78 is 6.82. The lowest BCUT2D eigenvalue weighted by Crippen LogP contribution is -2.42. The fourth-order valence-electron chi connectivity index (χ4n) is 3.05. The lowest BCUT2D eigenvalue weighted by molar-refractivity contribution is -0.123. The number of nitrogens with one attached hydrogen (secondary N) is 2. The second kappa shape index (κ2) is 9.25. The van der Waals surface area contributed by atoms with Gasteiger partial charge in [-0.1, -0.05) is 60.7 Å². The number of urea groups is 1. The molecule has 0 saturated heterocycles. The van der Waals surface area contributed by atoms with Crippen molar-refractivity contribution in [2.75, 3.05) is 6.61 Å². The van der Waals surface area contributed by atoms with Crippen LogP contribution in [0.4, 0.5) is 4.79 Å².